The number of ether oxygens (including phenoxy) is 1. The van der Waals surface area contributed by atoms with Gasteiger partial charge in [0.25, 0.3) is 0 Å². The van der Waals surface area contributed by atoms with E-state index in [0.717, 1.165) is 35.6 Å². The predicted octanol–water partition coefficient (Wildman–Crippen LogP) is 5.81. The fourth-order valence-corrected chi connectivity index (χ4v) is 3.44. The first-order valence-electron chi connectivity index (χ1n) is 9.07. The fourth-order valence-electron chi connectivity index (χ4n) is 3.44. The summed E-state index contributed by atoms with van der Waals surface area (Å²) in [6, 6.07) is 15.5. The monoisotopic (exact) mass is 335 g/mol. The van der Waals surface area contributed by atoms with Gasteiger partial charge in [0, 0.05) is 0 Å². The predicted molar refractivity (Wildman–Crippen MR) is 103 cm³/mol. The quantitative estimate of drug-likeness (QED) is 0.511. The Kier molecular flexibility index (Phi) is 5.64. The van der Waals surface area contributed by atoms with Crippen LogP contribution in [-0.4, -0.2) is 18.8 Å². The van der Waals surface area contributed by atoms with Gasteiger partial charge in [-0.25, -0.2) is 4.79 Å². The summed E-state index contributed by atoms with van der Waals surface area (Å²) < 4.78 is 5.69. The largest absolute Gasteiger partial charge is 0.459 e. The van der Waals surface area contributed by atoms with Gasteiger partial charge in [-0.1, -0.05) is 37.6 Å². The lowest BCUT2D eigenvalue weighted by Crippen LogP contribution is -2.24. The Bertz CT molecular complexity index is 711. The molecule has 0 aliphatic heterocycles. The Hall–Kier alpha value is -2.42. The number of nitrogens with zero attached hydrogens (tertiary/aromatic N) is 1. The van der Waals surface area contributed by atoms with Crippen LogP contribution in [-0.2, 0) is 4.74 Å². The third-order valence-electron chi connectivity index (χ3n) is 5.15. The van der Waals surface area contributed by atoms with Crippen LogP contribution in [0.2, 0.25) is 0 Å². The number of carbonyl (C=O) groups is 1. The van der Waals surface area contributed by atoms with Crippen LogP contribution in [0.15, 0.2) is 53.5 Å². The number of hydrogen-bond acceptors (Lipinski definition) is 3. The van der Waals surface area contributed by atoms with Crippen LogP contribution in [0.5, 0.6) is 0 Å². The van der Waals surface area contributed by atoms with E-state index in [9.17, 15) is 4.79 Å². The molecule has 1 aliphatic rings. The van der Waals surface area contributed by atoms with E-state index in [4.69, 9.17) is 4.74 Å². The molecular formula is C22H25NO2. The smallest absolute Gasteiger partial charge is 0.338 e. The van der Waals surface area contributed by atoms with Crippen molar-refractivity contribution in [3.05, 3.63) is 54.1 Å². The summed E-state index contributed by atoms with van der Waals surface area (Å²) in [5.74, 6) is 0.592. The lowest BCUT2D eigenvalue weighted by atomic mass is 9.86. The second kappa shape index (κ2) is 8.11. The third kappa shape index (κ3) is 4.36. The van der Waals surface area contributed by atoms with E-state index in [0.29, 0.717) is 5.56 Å². The van der Waals surface area contributed by atoms with Gasteiger partial charge in [0.05, 0.1) is 11.3 Å². The van der Waals surface area contributed by atoms with E-state index in [1.54, 1.807) is 0 Å². The summed E-state index contributed by atoms with van der Waals surface area (Å²) in [5, 5.41) is 0. The molecule has 3 heteroatoms. The molecule has 0 aromatic heterocycles. The molecule has 0 N–H and O–H groups in total. The van der Waals surface area contributed by atoms with Gasteiger partial charge >= 0.3 is 5.97 Å². The molecule has 1 aliphatic carbocycles. The van der Waals surface area contributed by atoms with E-state index in [1.807, 2.05) is 48.5 Å². The lowest BCUT2D eigenvalue weighted by molar-refractivity contribution is 0.0164. The van der Waals surface area contributed by atoms with E-state index in [1.165, 1.54) is 19.3 Å². The second-order valence-corrected chi connectivity index (χ2v) is 6.74. The van der Waals surface area contributed by atoms with Crippen LogP contribution in [0.3, 0.4) is 0 Å². The average Bonchev–Trinajstić information content (AvgIpc) is 2.69. The van der Waals surface area contributed by atoms with Crippen molar-refractivity contribution in [3.8, 4) is 11.1 Å². The molecule has 2 aromatic rings. The Morgan fingerprint density at radius 1 is 1.00 bits per heavy atom. The van der Waals surface area contributed by atoms with Gasteiger partial charge in [-0.2, -0.15) is 0 Å². The number of aliphatic imine (C=N–C) groups is 1. The van der Waals surface area contributed by atoms with Crippen LogP contribution in [0, 0.1) is 5.92 Å². The first-order valence-corrected chi connectivity index (χ1v) is 9.07. The summed E-state index contributed by atoms with van der Waals surface area (Å²) in [5.41, 5.74) is 3.62. The van der Waals surface area contributed by atoms with Crippen molar-refractivity contribution in [2.24, 2.45) is 10.9 Å². The van der Waals surface area contributed by atoms with Gasteiger partial charge in [-0.3, -0.25) is 4.99 Å². The first kappa shape index (κ1) is 17.4. The van der Waals surface area contributed by atoms with Gasteiger partial charge in [0.2, 0.25) is 0 Å². The third-order valence-corrected chi connectivity index (χ3v) is 5.15. The SMILES string of the molecule is C=Nc1ccc(-c2ccc(C(=O)OC3CCC(CC)CC3)cc2)cc1. The van der Waals surface area contributed by atoms with Gasteiger partial charge in [-0.15, -0.1) is 0 Å². The summed E-state index contributed by atoms with van der Waals surface area (Å²) in [6.07, 6.45) is 5.63. The number of rotatable bonds is 5. The zero-order valence-electron chi connectivity index (χ0n) is 14.8. The van der Waals surface area contributed by atoms with Gasteiger partial charge in [-0.05, 0) is 73.7 Å². The van der Waals surface area contributed by atoms with Crippen molar-refractivity contribution < 1.29 is 9.53 Å². The number of hydrogen-bond donors (Lipinski definition) is 0. The maximum atomic E-state index is 12.4. The molecule has 0 amide bonds. The van der Waals surface area contributed by atoms with Crippen molar-refractivity contribution in [2.45, 2.75) is 45.1 Å². The Balaban J connectivity index is 1.61. The Morgan fingerprint density at radius 2 is 1.56 bits per heavy atom. The highest BCUT2D eigenvalue weighted by Gasteiger charge is 2.23. The molecule has 0 atom stereocenters. The van der Waals surface area contributed by atoms with E-state index in [2.05, 4.69) is 18.6 Å². The van der Waals surface area contributed by atoms with E-state index >= 15 is 0 Å². The minimum Gasteiger partial charge on any atom is -0.459 e. The van der Waals surface area contributed by atoms with Gasteiger partial charge < -0.3 is 4.74 Å². The Labute approximate surface area is 149 Å². The average molecular weight is 335 g/mol. The summed E-state index contributed by atoms with van der Waals surface area (Å²) >= 11 is 0. The molecule has 2 aromatic carbocycles. The molecule has 3 nitrogen and oxygen atoms in total. The molecule has 3 rings (SSSR count). The highest BCUT2D eigenvalue weighted by atomic mass is 16.5. The summed E-state index contributed by atoms with van der Waals surface area (Å²) in [4.78, 5) is 16.3. The van der Waals surface area contributed by atoms with Crippen LogP contribution in [0.25, 0.3) is 11.1 Å². The number of benzene rings is 2. The van der Waals surface area contributed by atoms with Crippen LogP contribution >= 0.6 is 0 Å². The molecule has 0 bridgehead atoms. The minimum absolute atomic E-state index is 0.0777. The molecular weight excluding hydrogens is 310 g/mol. The standard InChI is InChI=1S/C22H25NO2/c1-3-16-4-14-21(15-5-16)25-22(24)19-8-6-17(7-9-19)18-10-12-20(23-2)13-11-18/h6-13,16,21H,2-5,14-15H2,1H3. The van der Waals surface area contributed by atoms with Crippen LogP contribution in [0.4, 0.5) is 5.69 Å². The maximum absolute atomic E-state index is 12.4. The molecule has 1 saturated carbocycles. The van der Waals surface area contributed by atoms with Crippen molar-refractivity contribution in [1.29, 1.82) is 0 Å². The molecule has 130 valence electrons. The fraction of sp³-hybridized carbons (Fsp3) is 0.364. The zero-order chi connectivity index (χ0) is 17.6. The first-order chi connectivity index (χ1) is 12.2. The van der Waals surface area contributed by atoms with Crippen molar-refractivity contribution >= 4 is 18.4 Å². The molecule has 0 heterocycles. The Morgan fingerprint density at radius 3 is 2.08 bits per heavy atom. The topological polar surface area (TPSA) is 38.7 Å². The van der Waals surface area contributed by atoms with E-state index < -0.39 is 0 Å². The van der Waals surface area contributed by atoms with Crippen molar-refractivity contribution in [2.75, 3.05) is 0 Å². The minimum atomic E-state index is -0.210. The molecule has 0 unspecified atom stereocenters. The van der Waals surface area contributed by atoms with Crippen molar-refractivity contribution in [3.63, 3.8) is 0 Å². The van der Waals surface area contributed by atoms with Gasteiger partial charge in [0.15, 0.2) is 0 Å². The highest BCUT2D eigenvalue weighted by molar-refractivity contribution is 5.90. The molecule has 25 heavy (non-hydrogen) atoms. The number of carbonyl (C=O) groups excluding carboxylic acids is 1. The number of esters is 1. The molecule has 1 fully saturated rings. The van der Waals surface area contributed by atoms with E-state index in [-0.39, 0.29) is 12.1 Å². The lowest BCUT2D eigenvalue weighted by Gasteiger charge is -2.27. The summed E-state index contributed by atoms with van der Waals surface area (Å²) in [7, 11) is 0. The zero-order valence-corrected chi connectivity index (χ0v) is 14.8. The molecule has 0 radical (unpaired) electrons. The molecule has 0 spiro atoms. The highest BCUT2D eigenvalue weighted by Crippen LogP contribution is 2.29. The normalized spacial score (nSPS) is 20.0. The maximum Gasteiger partial charge on any atom is 0.338 e. The second-order valence-electron chi connectivity index (χ2n) is 6.74. The van der Waals surface area contributed by atoms with Crippen LogP contribution in [0.1, 0.15) is 49.4 Å². The summed E-state index contributed by atoms with van der Waals surface area (Å²) in [6.45, 7) is 5.76. The molecule has 0 saturated heterocycles. The van der Waals surface area contributed by atoms with Crippen molar-refractivity contribution in [1.82, 2.24) is 0 Å². The van der Waals surface area contributed by atoms with Gasteiger partial charge in [0.1, 0.15) is 6.10 Å². The van der Waals surface area contributed by atoms with Crippen LogP contribution < -0.4 is 0 Å².